The van der Waals surface area contributed by atoms with Crippen LogP contribution in [0.15, 0.2) is 30.3 Å². The highest BCUT2D eigenvalue weighted by Gasteiger charge is 2.28. The van der Waals surface area contributed by atoms with Crippen molar-refractivity contribution in [3.63, 3.8) is 0 Å². The van der Waals surface area contributed by atoms with Crippen molar-refractivity contribution in [2.24, 2.45) is 5.73 Å². The summed E-state index contributed by atoms with van der Waals surface area (Å²) in [7, 11) is 0. The van der Waals surface area contributed by atoms with Crippen LogP contribution in [-0.4, -0.2) is 31.2 Å². The van der Waals surface area contributed by atoms with Crippen molar-refractivity contribution in [3.8, 4) is 0 Å². The molecule has 4 heteroatoms. The molecule has 3 rings (SSSR count). The Morgan fingerprint density at radius 3 is 2.59 bits per heavy atom. The Hall–Kier alpha value is -1.65. The first-order valence-electron chi connectivity index (χ1n) is 8.11. The summed E-state index contributed by atoms with van der Waals surface area (Å²) in [5, 5.41) is 2.96. The van der Waals surface area contributed by atoms with Crippen LogP contribution in [0, 0.1) is 0 Å². The molecule has 1 aliphatic carbocycles. The quantitative estimate of drug-likeness (QED) is 0.898. The lowest BCUT2D eigenvalue weighted by Crippen LogP contribution is -2.53. The molecule has 1 saturated heterocycles. The molecule has 4 nitrogen and oxygen atoms in total. The summed E-state index contributed by atoms with van der Waals surface area (Å²) in [5.74, 6) is -0.0525. The highest BCUT2D eigenvalue weighted by Crippen LogP contribution is 2.27. The Balaban J connectivity index is 1.57. The Bertz CT molecular complexity index is 557. The summed E-state index contributed by atoms with van der Waals surface area (Å²) in [4.78, 5) is 12.2. The summed E-state index contributed by atoms with van der Waals surface area (Å²) in [6.45, 7) is 1.86. The molecule has 1 aromatic rings. The molecule has 0 aromatic heterocycles. The Labute approximate surface area is 131 Å². The Morgan fingerprint density at radius 2 is 1.95 bits per heavy atom. The van der Waals surface area contributed by atoms with Crippen molar-refractivity contribution in [2.75, 3.05) is 19.8 Å². The monoisotopic (exact) mass is 300 g/mol. The van der Waals surface area contributed by atoms with Gasteiger partial charge in [0.2, 0.25) is 0 Å². The molecule has 22 heavy (non-hydrogen) atoms. The van der Waals surface area contributed by atoms with Crippen LogP contribution < -0.4 is 11.1 Å². The third-order valence-electron chi connectivity index (χ3n) is 4.65. The molecular formula is C18H24N2O2. The molecule has 3 N–H and O–H groups in total. The zero-order valence-electron chi connectivity index (χ0n) is 12.9. The third kappa shape index (κ3) is 3.57. The third-order valence-corrected chi connectivity index (χ3v) is 4.65. The number of nitrogens with one attached hydrogen (secondary N) is 1. The molecule has 118 valence electrons. The molecule has 1 fully saturated rings. The Morgan fingerprint density at radius 1 is 1.23 bits per heavy atom. The van der Waals surface area contributed by atoms with E-state index >= 15 is 0 Å². The lowest BCUT2D eigenvalue weighted by molar-refractivity contribution is 0.0518. The van der Waals surface area contributed by atoms with Crippen molar-refractivity contribution < 1.29 is 9.53 Å². The van der Waals surface area contributed by atoms with E-state index in [0.29, 0.717) is 25.3 Å². The fraction of sp³-hybridized carbons (Fsp3) is 0.500. The number of allylic oxidation sites excluding steroid dienone is 2. The zero-order valence-corrected chi connectivity index (χ0v) is 12.9. The van der Waals surface area contributed by atoms with Gasteiger partial charge in [0.05, 0.1) is 0 Å². The fourth-order valence-corrected chi connectivity index (χ4v) is 3.08. The van der Waals surface area contributed by atoms with Gasteiger partial charge in [0, 0.05) is 30.9 Å². The number of benzene rings is 1. The number of ether oxygens (including phenoxy) is 1. The van der Waals surface area contributed by atoms with E-state index < -0.39 is 0 Å². The molecule has 1 amide bonds. The molecule has 1 aliphatic heterocycles. The zero-order chi connectivity index (χ0) is 15.4. The highest BCUT2D eigenvalue weighted by atomic mass is 16.5. The molecule has 0 saturated carbocycles. The molecule has 0 bridgehead atoms. The minimum absolute atomic E-state index is 0.0525. The second kappa shape index (κ2) is 6.63. The smallest absolute Gasteiger partial charge is 0.251 e. The van der Waals surface area contributed by atoms with Gasteiger partial charge in [-0.1, -0.05) is 18.2 Å². The summed E-state index contributed by atoms with van der Waals surface area (Å²) in [6.07, 6.45) is 7.42. The van der Waals surface area contributed by atoms with Crippen molar-refractivity contribution in [1.29, 1.82) is 0 Å². The normalized spacial score (nSPS) is 20.5. The second-order valence-corrected chi connectivity index (χ2v) is 6.36. The summed E-state index contributed by atoms with van der Waals surface area (Å²) in [6, 6.07) is 7.88. The van der Waals surface area contributed by atoms with Crippen molar-refractivity contribution in [2.45, 2.75) is 37.6 Å². The average Bonchev–Trinajstić information content (AvgIpc) is 3.08. The lowest BCUT2D eigenvalue weighted by atomic mass is 9.91. The second-order valence-electron chi connectivity index (χ2n) is 6.36. The molecule has 1 aromatic carbocycles. The molecule has 1 heterocycles. The van der Waals surface area contributed by atoms with Gasteiger partial charge in [-0.2, -0.15) is 0 Å². The predicted molar refractivity (Wildman–Crippen MR) is 87.6 cm³/mol. The van der Waals surface area contributed by atoms with Crippen LogP contribution >= 0.6 is 0 Å². The topological polar surface area (TPSA) is 64.3 Å². The summed E-state index contributed by atoms with van der Waals surface area (Å²) >= 11 is 0. The van der Waals surface area contributed by atoms with Gasteiger partial charge in [0.15, 0.2) is 0 Å². The van der Waals surface area contributed by atoms with Gasteiger partial charge in [-0.05, 0) is 55.4 Å². The van der Waals surface area contributed by atoms with Crippen LogP contribution in [0.4, 0.5) is 0 Å². The van der Waals surface area contributed by atoms with E-state index in [1.54, 1.807) is 0 Å². The van der Waals surface area contributed by atoms with E-state index in [1.807, 2.05) is 24.3 Å². The molecule has 0 radical (unpaired) electrons. The van der Waals surface area contributed by atoms with E-state index in [1.165, 1.54) is 24.0 Å². The number of rotatable bonds is 4. The highest BCUT2D eigenvalue weighted by molar-refractivity contribution is 5.94. The van der Waals surface area contributed by atoms with Crippen LogP contribution in [0.2, 0.25) is 0 Å². The van der Waals surface area contributed by atoms with Gasteiger partial charge in [0.1, 0.15) is 0 Å². The number of nitrogens with two attached hydrogens (primary N) is 1. The molecule has 0 spiro atoms. The maximum atomic E-state index is 12.2. The van der Waals surface area contributed by atoms with Crippen LogP contribution in [-0.2, 0) is 4.74 Å². The minimum atomic E-state index is -0.331. The Kier molecular flexibility index (Phi) is 4.60. The maximum Gasteiger partial charge on any atom is 0.251 e. The number of amides is 1. The van der Waals surface area contributed by atoms with Gasteiger partial charge in [-0.15, -0.1) is 0 Å². The van der Waals surface area contributed by atoms with Crippen LogP contribution in [0.5, 0.6) is 0 Å². The van der Waals surface area contributed by atoms with Crippen LogP contribution in [0.1, 0.15) is 48.0 Å². The van der Waals surface area contributed by atoms with Gasteiger partial charge >= 0.3 is 0 Å². The van der Waals surface area contributed by atoms with Crippen molar-refractivity contribution >= 4 is 11.5 Å². The first-order valence-corrected chi connectivity index (χ1v) is 8.11. The van der Waals surface area contributed by atoms with E-state index in [4.69, 9.17) is 10.5 Å². The predicted octanol–water partition coefficient (Wildman–Crippen LogP) is 2.49. The first-order chi connectivity index (χ1) is 10.7. The SMILES string of the molecule is NC1(CNC(=O)c2ccc(C3=CCCC3)cc2)CCOCC1. The maximum absolute atomic E-state index is 12.2. The average molecular weight is 300 g/mol. The summed E-state index contributed by atoms with van der Waals surface area (Å²) in [5.41, 5.74) is 9.28. The van der Waals surface area contributed by atoms with Gasteiger partial charge in [-0.3, -0.25) is 4.79 Å². The molecular weight excluding hydrogens is 276 g/mol. The number of hydrogen-bond acceptors (Lipinski definition) is 3. The van der Waals surface area contributed by atoms with E-state index in [2.05, 4.69) is 11.4 Å². The van der Waals surface area contributed by atoms with E-state index in [0.717, 1.165) is 19.3 Å². The van der Waals surface area contributed by atoms with Gasteiger partial charge in [-0.25, -0.2) is 0 Å². The lowest BCUT2D eigenvalue weighted by Gasteiger charge is -2.33. The van der Waals surface area contributed by atoms with Gasteiger partial charge < -0.3 is 15.8 Å². The minimum Gasteiger partial charge on any atom is -0.381 e. The van der Waals surface area contributed by atoms with Gasteiger partial charge in [0.25, 0.3) is 5.91 Å². The van der Waals surface area contributed by atoms with Crippen molar-refractivity contribution in [1.82, 2.24) is 5.32 Å². The van der Waals surface area contributed by atoms with Crippen molar-refractivity contribution in [3.05, 3.63) is 41.5 Å². The largest absolute Gasteiger partial charge is 0.381 e. The summed E-state index contributed by atoms with van der Waals surface area (Å²) < 4.78 is 5.32. The first kappa shape index (κ1) is 15.3. The van der Waals surface area contributed by atoms with Crippen LogP contribution in [0.25, 0.3) is 5.57 Å². The van der Waals surface area contributed by atoms with E-state index in [-0.39, 0.29) is 11.4 Å². The van der Waals surface area contributed by atoms with Crippen LogP contribution in [0.3, 0.4) is 0 Å². The number of carbonyl (C=O) groups excluding carboxylic acids is 1. The fourth-order valence-electron chi connectivity index (χ4n) is 3.08. The molecule has 0 atom stereocenters. The standard InChI is InChI=1S/C18H24N2O2/c19-18(9-11-22-12-10-18)13-20-17(21)16-7-5-15(6-8-16)14-3-1-2-4-14/h3,5-8H,1-2,4,9-13,19H2,(H,20,21). The number of hydrogen-bond donors (Lipinski definition) is 2. The molecule has 0 unspecified atom stereocenters. The van der Waals surface area contributed by atoms with E-state index in [9.17, 15) is 4.79 Å². The molecule has 2 aliphatic rings. The number of carbonyl (C=O) groups is 1.